The van der Waals surface area contributed by atoms with E-state index in [2.05, 4.69) is 5.32 Å². The molecule has 1 saturated heterocycles. The Bertz CT molecular complexity index is 304. The van der Waals surface area contributed by atoms with Crippen LogP contribution in [0.15, 0.2) is 18.2 Å². The standard InChI is InChI=1S/C10H11Cl2NO/c11-7-2-1-3-8(12)10(7)9-6-14-5-4-13-9/h1-3,9,13H,4-6H2/t9-/m1/s1. The van der Waals surface area contributed by atoms with E-state index in [-0.39, 0.29) is 6.04 Å². The number of nitrogens with one attached hydrogen (secondary N) is 1. The van der Waals surface area contributed by atoms with Gasteiger partial charge in [-0.3, -0.25) is 0 Å². The van der Waals surface area contributed by atoms with Crippen LogP contribution < -0.4 is 5.32 Å². The minimum atomic E-state index is 0.116. The summed E-state index contributed by atoms with van der Waals surface area (Å²) in [6, 6.07) is 5.65. The number of rotatable bonds is 1. The maximum atomic E-state index is 6.08. The predicted molar refractivity (Wildman–Crippen MR) is 58.0 cm³/mol. The van der Waals surface area contributed by atoms with Crippen molar-refractivity contribution in [2.75, 3.05) is 19.8 Å². The van der Waals surface area contributed by atoms with Crippen molar-refractivity contribution in [3.8, 4) is 0 Å². The molecule has 0 unspecified atom stereocenters. The molecule has 2 rings (SSSR count). The Hall–Kier alpha value is -0.280. The molecule has 1 aromatic carbocycles. The molecule has 1 aliphatic heterocycles. The van der Waals surface area contributed by atoms with Crippen LogP contribution in [0, 0.1) is 0 Å². The number of hydrogen-bond donors (Lipinski definition) is 1. The zero-order chi connectivity index (χ0) is 9.97. The Kier molecular flexibility index (Phi) is 3.29. The van der Waals surface area contributed by atoms with Crippen molar-refractivity contribution in [1.82, 2.24) is 5.32 Å². The van der Waals surface area contributed by atoms with Gasteiger partial charge in [0.1, 0.15) is 0 Å². The Balaban J connectivity index is 2.29. The molecule has 14 heavy (non-hydrogen) atoms. The van der Waals surface area contributed by atoms with E-state index in [0.717, 1.165) is 18.7 Å². The number of ether oxygens (including phenoxy) is 1. The summed E-state index contributed by atoms with van der Waals surface area (Å²) < 4.78 is 5.37. The van der Waals surface area contributed by atoms with Crippen molar-refractivity contribution in [2.24, 2.45) is 0 Å². The molecule has 1 aliphatic rings. The second-order valence-corrected chi connectivity index (χ2v) is 4.03. The highest BCUT2D eigenvalue weighted by atomic mass is 35.5. The quantitative estimate of drug-likeness (QED) is 0.803. The van der Waals surface area contributed by atoms with Crippen molar-refractivity contribution < 1.29 is 4.74 Å². The van der Waals surface area contributed by atoms with E-state index in [9.17, 15) is 0 Å². The molecule has 0 amide bonds. The summed E-state index contributed by atoms with van der Waals surface area (Å²) in [6.45, 7) is 2.22. The van der Waals surface area contributed by atoms with E-state index in [1.807, 2.05) is 18.2 Å². The van der Waals surface area contributed by atoms with Gasteiger partial charge in [0.2, 0.25) is 0 Å². The minimum absolute atomic E-state index is 0.116. The number of morpholine rings is 1. The lowest BCUT2D eigenvalue weighted by atomic mass is 10.1. The third-order valence-electron chi connectivity index (χ3n) is 2.27. The first-order valence-electron chi connectivity index (χ1n) is 4.54. The Morgan fingerprint density at radius 3 is 2.57 bits per heavy atom. The summed E-state index contributed by atoms with van der Waals surface area (Å²) in [5.74, 6) is 0. The summed E-state index contributed by atoms with van der Waals surface area (Å²) in [5.41, 5.74) is 0.940. The maximum absolute atomic E-state index is 6.08. The smallest absolute Gasteiger partial charge is 0.0663 e. The summed E-state index contributed by atoms with van der Waals surface area (Å²) in [6.07, 6.45) is 0. The SMILES string of the molecule is Clc1cccc(Cl)c1[C@H]1COCCN1. The summed E-state index contributed by atoms with van der Waals surface area (Å²) in [7, 11) is 0. The summed E-state index contributed by atoms with van der Waals surface area (Å²) >= 11 is 12.2. The van der Waals surface area contributed by atoms with Crippen molar-refractivity contribution in [3.63, 3.8) is 0 Å². The third kappa shape index (κ3) is 2.04. The summed E-state index contributed by atoms with van der Waals surface area (Å²) in [5, 5.41) is 4.71. The molecule has 0 aromatic heterocycles. The van der Waals surface area contributed by atoms with Crippen LogP contribution in [0.1, 0.15) is 11.6 Å². The molecule has 1 fully saturated rings. The number of halogens is 2. The first kappa shape index (κ1) is 10.2. The van der Waals surface area contributed by atoms with Gasteiger partial charge in [-0.15, -0.1) is 0 Å². The largest absolute Gasteiger partial charge is 0.378 e. The Labute approximate surface area is 93.2 Å². The molecule has 0 bridgehead atoms. The van der Waals surface area contributed by atoms with Crippen molar-refractivity contribution in [1.29, 1.82) is 0 Å². The van der Waals surface area contributed by atoms with Crippen LogP contribution in [0.25, 0.3) is 0 Å². The summed E-state index contributed by atoms with van der Waals surface area (Å²) in [4.78, 5) is 0. The lowest BCUT2D eigenvalue weighted by Gasteiger charge is -2.25. The van der Waals surface area contributed by atoms with E-state index in [4.69, 9.17) is 27.9 Å². The third-order valence-corrected chi connectivity index (χ3v) is 2.93. The van der Waals surface area contributed by atoms with Gasteiger partial charge in [-0.25, -0.2) is 0 Å². The average molecular weight is 232 g/mol. The van der Waals surface area contributed by atoms with Crippen LogP contribution in [-0.4, -0.2) is 19.8 Å². The van der Waals surface area contributed by atoms with Gasteiger partial charge in [0.05, 0.1) is 19.3 Å². The average Bonchev–Trinajstić information content (AvgIpc) is 2.19. The molecule has 0 aliphatic carbocycles. The van der Waals surface area contributed by atoms with Gasteiger partial charge in [0.15, 0.2) is 0 Å². The molecule has 76 valence electrons. The van der Waals surface area contributed by atoms with Crippen molar-refractivity contribution in [3.05, 3.63) is 33.8 Å². The van der Waals surface area contributed by atoms with Crippen LogP contribution in [0.4, 0.5) is 0 Å². The van der Waals surface area contributed by atoms with Crippen molar-refractivity contribution in [2.45, 2.75) is 6.04 Å². The molecule has 1 heterocycles. The monoisotopic (exact) mass is 231 g/mol. The zero-order valence-corrected chi connectivity index (χ0v) is 9.11. The van der Waals surface area contributed by atoms with E-state index in [0.29, 0.717) is 16.7 Å². The van der Waals surface area contributed by atoms with Gasteiger partial charge in [-0.1, -0.05) is 29.3 Å². The number of hydrogen-bond acceptors (Lipinski definition) is 2. The second-order valence-electron chi connectivity index (χ2n) is 3.22. The highest BCUT2D eigenvalue weighted by molar-refractivity contribution is 6.36. The normalized spacial score (nSPS) is 22.3. The van der Waals surface area contributed by atoms with Crippen LogP contribution in [0.3, 0.4) is 0 Å². The van der Waals surface area contributed by atoms with Crippen molar-refractivity contribution >= 4 is 23.2 Å². The van der Waals surface area contributed by atoms with Gasteiger partial charge in [-0.05, 0) is 12.1 Å². The molecule has 2 nitrogen and oxygen atoms in total. The van der Waals surface area contributed by atoms with Gasteiger partial charge in [0.25, 0.3) is 0 Å². The van der Waals surface area contributed by atoms with E-state index >= 15 is 0 Å². The van der Waals surface area contributed by atoms with Crippen LogP contribution in [0.5, 0.6) is 0 Å². The first-order valence-corrected chi connectivity index (χ1v) is 5.29. The molecule has 0 saturated carbocycles. The Morgan fingerprint density at radius 1 is 1.29 bits per heavy atom. The van der Waals surface area contributed by atoms with Gasteiger partial charge in [-0.2, -0.15) is 0 Å². The molecular formula is C10H11Cl2NO. The van der Waals surface area contributed by atoms with E-state index in [1.54, 1.807) is 0 Å². The number of benzene rings is 1. The first-order chi connectivity index (χ1) is 6.79. The van der Waals surface area contributed by atoms with E-state index < -0.39 is 0 Å². The van der Waals surface area contributed by atoms with Gasteiger partial charge < -0.3 is 10.1 Å². The minimum Gasteiger partial charge on any atom is -0.378 e. The fraction of sp³-hybridized carbons (Fsp3) is 0.400. The predicted octanol–water partition coefficient (Wildman–Crippen LogP) is 2.65. The molecule has 0 spiro atoms. The molecule has 1 N–H and O–H groups in total. The van der Waals surface area contributed by atoms with Crippen LogP contribution in [0.2, 0.25) is 10.0 Å². The highest BCUT2D eigenvalue weighted by Gasteiger charge is 2.20. The molecule has 1 aromatic rings. The lowest BCUT2D eigenvalue weighted by molar-refractivity contribution is 0.0769. The second kappa shape index (κ2) is 4.49. The van der Waals surface area contributed by atoms with E-state index in [1.165, 1.54) is 0 Å². The Morgan fingerprint density at radius 2 is 2.00 bits per heavy atom. The fourth-order valence-electron chi connectivity index (χ4n) is 1.59. The molecule has 4 heteroatoms. The van der Waals surface area contributed by atoms with Crippen LogP contribution >= 0.6 is 23.2 Å². The van der Waals surface area contributed by atoms with Crippen LogP contribution in [-0.2, 0) is 4.74 Å². The topological polar surface area (TPSA) is 21.3 Å². The maximum Gasteiger partial charge on any atom is 0.0663 e. The fourth-order valence-corrected chi connectivity index (χ4v) is 2.26. The highest BCUT2D eigenvalue weighted by Crippen LogP contribution is 2.30. The van der Waals surface area contributed by atoms with Gasteiger partial charge in [0, 0.05) is 22.2 Å². The molecular weight excluding hydrogens is 221 g/mol. The van der Waals surface area contributed by atoms with Gasteiger partial charge >= 0.3 is 0 Å². The molecule has 1 atom stereocenters. The zero-order valence-electron chi connectivity index (χ0n) is 7.59. The lowest BCUT2D eigenvalue weighted by Crippen LogP contribution is -2.34. The molecule has 0 radical (unpaired) electrons.